The summed E-state index contributed by atoms with van der Waals surface area (Å²) in [5.74, 6) is 1.67. The third kappa shape index (κ3) is 4.25. The molecular weight excluding hydrogens is 394 g/mol. The summed E-state index contributed by atoms with van der Waals surface area (Å²) < 4.78 is 11.7. The van der Waals surface area contributed by atoms with Gasteiger partial charge in [-0.05, 0) is 63.4 Å². The average molecular weight is 430 g/mol. The molecule has 0 aromatic heterocycles. The molecule has 31 heavy (non-hydrogen) atoms. The van der Waals surface area contributed by atoms with Crippen LogP contribution in [-0.2, 0) is 4.79 Å². The second-order valence-corrected chi connectivity index (χ2v) is 9.06. The number of nitrogens with zero attached hydrogens (tertiary/aromatic N) is 1. The predicted octanol–water partition coefficient (Wildman–Crippen LogP) is 2.80. The van der Waals surface area contributed by atoms with E-state index < -0.39 is 5.72 Å². The Hall–Kier alpha value is -2.28. The Morgan fingerprint density at radius 1 is 1.32 bits per heavy atom. The first-order valence-corrected chi connectivity index (χ1v) is 11.7. The molecule has 3 fully saturated rings. The minimum absolute atomic E-state index is 0.00466. The van der Waals surface area contributed by atoms with E-state index in [9.17, 15) is 9.59 Å². The van der Waals surface area contributed by atoms with Crippen LogP contribution in [-0.4, -0.2) is 55.7 Å². The largest absolute Gasteiger partial charge is 0.497 e. The van der Waals surface area contributed by atoms with Gasteiger partial charge in [0.05, 0.1) is 12.7 Å². The summed E-state index contributed by atoms with van der Waals surface area (Å²) in [6.07, 6.45) is 4.38. The molecule has 2 bridgehead atoms. The molecule has 1 spiro atoms. The second kappa shape index (κ2) is 9.07. The lowest BCUT2D eigenvalue weighted by molar-refractivity contribution is -0.146. The summed E-state index contributed by atoms with van der Waals surface area (Å²) in [7, 11) is 1.61. The molecule has 3 saturated carbocycles. The van der Waals surface area contributed by atoms with Crippen molar-refractivity contribution in [3.05, 3.63) is 23.8 Å². The summed E-state index contributed by atoms with van der Waals surface area (Å²) in [6.45, 7) is 8.14. The van der Waals surface area contributed by atoms with Gasteiger partial charge in [0.2, 0.25) is 5.91 Å². The first-order chi connectivity index (χ1) is 15.0. The summed E-state index contributed by atoms with van der Waals surface area (Å²) >= 11 is 0. The lowest BCUT2D eigenvalue weighted by Crippen LogP contribution is -2.66. The lowest BCUT2D eigenvalue weighted by Gasteiger charge is -2.55. The van der Waals surface area contributed by atoms with Gasteiger partial charge in [0.25, 0.3) is 5.91 Å². The number of amides is 2. The summed E-state index contributed by atoms with van der Waals surface area (Å²) in [6, 6.07) is 5.30. The Balaban J connectivity index is 1.39. The Morgan fingerprint density at radius 3 is 2.81 bits per heavy atom. The second-order valence-electron chi connectivity index (χ2n) is 9.06. The molecule has 3 aliphatic carbocycles. The summed E-state index contributed by atoms with van der Waals surface area (Å²) in [5.41, 5.74) is -0.172. The molecule has 2 N–H and O–H groups in total. The minimum Gasteiger partial charge on any atom is -0.497 e. The van der Waals surface area contributed by atoms with Crippen LogP contribution < -0.4 is 20.1 Å². The molecule has 1 heterocycles. The predicted molar refractivity (Wildman–Crippen MR) is 118 cm³/mol. The third-order valence-electron chi connectivity index (χ3n) is 7.45. The van der Waals surface area contributed by atoms with Crippen molar-refractivity contribution < 1.29 is 19.1 Å². The molecule has 4 atom stereocenters. The molecule has 5 rings (SSSR count). The van der Waals surface area contributed by atoms with Crippen molar-refractivity contribution in [1.29, 1.82) is 0 Å². The average Bonchev–Trinajstić information content (AvgIpc) is 2.78. The van der Waals surface area contributed by atoms with Crippen LogP contribution in [0.4, 0.5) is 0 Å². The molecule has 170 valence electrons. The topological polar surface area (TPSA) is 79.9 Å². The standard InChI is InChI=1S/C24H35N3O4/c1-4-27(5-2)12-6-11-25-22(28)20-13-17-8-7-16(20)15-24(17)26-23(29)19-10-9-18(30-3)14-21(19)31-24/h9-10,14,16-17,20H,4-8,11-13,15H2,1-3H3,(H,25,28)(H,26,29). The van der Waals surface area contributed by atoms with E-state index in [2.05, 4.69) is 29.4 Å². The lowest BCUT2D eigenvalue weighted by atomic mass is 9.60. The Morgan fingerprint density at radius 2 is 2.13 bits per heavy atom. The Bertz CT molecular complexity index is 825. The smallest absolute Gasteiger partial charge is 0.258 e. The maximum atomic E-state index is 12.9. The van der Waals surface area contributed by atoms with Crippen molar-refractivity contribution >= 4 is 11.8 Å². The molecule has 7 heteroatoms. The van der Waals surface area contributed by atoms with Crippen molar-refractivity contribution in [1.82, 2.24) is 15.5 Å². The van der Waals surface area contributed by atoms with E-state index in [0.717, 1.165) is 51.9 Å². The van der Waals surface area contributed by atoms with Crippen LogP contribution >= 0.6 is 0 Å². The number of carbonyl (C=O) groups excluding carboxylic acids is 2. The quantitative estimate of drug-likeness (QED) is 0.621. The monoisotopic (exact) mass is 429 g/mol. The number of nitrogens with one attached hydrogen (secondary N) is 2. The van der Waals surface area contributed by atoms with Crippen molar-refractivity contribution in [3.8, 4) is 11.5 Å². The van der Waals surface area contributed by atoms with E-state index >= 15 is 0 Å². The van der Waals surface area contributed by atoms with Gasteiger partial charge in [0, 0.05) is 30.9 Å². The fourth-order valence-corrected chi connectivity index (χ4v) is 5.62. The number of methoxy groups -OCH3 is 1. The van der Waals surface area contributed by atoms with Gasteiger partial charge in [0.1, 0.15) is 11.5 Å². The van der Waals surface area contributed by atoms with Crippen LogP contribution in [0.1, 0.15) is 56.3 Å². The molecule has 0 saturated heterocycles. The van der Waals surface area contributed by atoms with Crippen LogP contribution in [0, 0.1) is 17.8 Å². The molecule has 0 radical (unpaired) electrons. The molecule has 4 unspecified atom stereocenters. The molecule has 1 aromatic rings. The number of rotatable bonds is 8. The zero-order valence-corrected chi connectivity index (χ0v) is 18.9. The number of ether oxygens (including phenoxy) is 2. The van der Waals surface area contributed by atoms with Gasteiger partial charge in [-0.15, -0.1) is 0 Å². The highest BCUT2D eigenvalue weighted by molar-refractivity contribution is 5.98. The minimum atomic E-state index is -0.709. The van der Waals surface area contributed by atoms with Gasteiger partial charge >= 0.3 is 0 Å². The van der Waals surface area contributed by atoms with E-state index in [1.807, 2.05) is 0 Å². The highest BCUT2D eigenvalue weighted by atomic mass is 16.5. The summed E-state index contributed by atoms with van der Waals surface area (Å²) in [4.78, 5) is 28.1. The zero-order valence-electron chi connectivity index (χ0n) is 18.9. The number of carbonyl (C=O) groups is 2. The number of fused-ring (bicyclic) bond motifs is 3. The van der Waals surface area contributed by atoms with Crippen LogP contribution in [0.3, 0.4) is 0 Å². The molecule has 2 amide bonds. The first-order valence-electron chi connectivity index (χ1n) is 11.7. The van der Waals surface area contributed by atoms with Crippen molar-refractivity contribution in [2.24, 2.45) is 17.8 Å². The number of hydrogen-bond acceptors (Lipinski definition) is 5. The van der Waals surface area contributed by atoms with E-state index in [1.165, 1.54) is 0 Å². The zero-order chi connectivity index (χ0) is 22.0. The van der Waals surface area contributed by atoms with Gasteiger partial charge in [-0.2, -0.15) is 0 Å². The molecule has 7 nitrogen and oxygen atoms in total. The molecule has 4 aliphatic rings. The van der Waals surface area contributed by atoms with Crippen LogP contribution in [0.2, 0.25) is 0 Å². The van der Waals surface area contributed by atoms with E-state index in [4.69, 9.17) is 9.47 Å². The van der Waals surface area contributed by atoms with Crippen LogP contribution in [0.5, 0.6) is 11.5 Å². The van der Waals surface area contributed by atoms with Gasteiger partial charge in [-0.25, -0.2) is 0 Å². The van der Waals surface area contributed by atoms with Gasteiger partial charge in [-0.3, -0.25) is 9.59 Å². The number of benzene rings is 1. The van der Waals surface area contributed by atoms with Crippen LogP contribution in [0.25, 0.3) is 0 Å². The maximum Gasteiger partial charge on any atom is 0.258 e. The first kappa shape index (κ1) is 21.9. The van der Waals surface area contributed by atoms with Gasteiger partial charge < -0.3 is 25.0 Å². The Labute approximate surface area is 184 Å². The van der Waals surface area contributed by atoms with Crippen molar-refractivity contribution in [2.45, 2.75) is 51.7 Å². The third-order valence-corrected chi connectivity index (χ3v) is 7.45. The molecule has 1 aliphatic heterocycles. The highest BCUT2D eigenvalue weighted by Gasteiger charge is 2.57. The SMILES string of the molecule is CCN(CC)CCCNC(=O)C1CC2CCC1CC21NC(=O)c2ccc(OC)cc2O1. The fourth-order valence-electron chi connectivity index (χ4n) is 5.62. The molecule has 1 aromatic carbocycles. The Kier molecular flexibility index (Phi) is 6.42. The van der Waals surface area contributed by atoms with E-state index in [0.29, 0.717) is 23.5 Å². The van der Waals surface area contributed by atoms with Gasteiger partial charge in [-0.1, -0.05) is 13.8 Å². The van der Waals surface area contributed by atoms with E-state index in [1.54, 1.807) is 25.3 Å². The fraction of sp³-hybridized carbons (Fsp3) is 0.667. The normalized spacial score (nSPS) is 28.8. The number of hydrogen-bond donors (Lipinski definition) is 2. The summed E-state index contributed by atoms with van der Waals surface area (Å²) in [5, 5.41) is 6.32. The van der Waals surface area contributed by atoms with Crippen LogP contribution in [0.15, 0.2) is 18.2 Å². The van der Waals surface area contributed by atoms with E-state index in [-0.39, 0.29) is 29.6 Å². The van der Waals surface area contributed by atoms with Crippen molar-refractivity contribution in [2.75, 3.05) is 33.3 Å². The van der Waals surface area contributed by atoms with Crippen molar-refractivity contribution in [3.63, 3.8) is 0 Å². The maximum absolute atomic E-state index is 12.9. The molecular formula is C24H35N3O4. The highest BCUT2D eigenvalue weighted by Crippen LogP contribution is 2.52. The van der Waals surface area contributed by atoms with Gasteiger partial charge in [0.15, 0.2) is 5.72 Å².